The fourth-order valence-corrected chi connectivity index (χ4v) is 1.51. The van der Waals surface area contributed by atoms with Crippen molar-refractivity contribution in [3.8, 4) is 0 Å². The molecule has 4 N–H and O–H groups in total. The zero-order valence-corrected chi connectivity index (χ0v) is 10.8. The lowest BCUT2D eigenvalue weighted by atomic mass is 9.88. The van der Waals surface area contributed by atoms with Crippen molar-refractivity contribution in [2.75, 3.05) is 19.8 Å². The first-order valence-electron chi connectivity index (χ1n) is 5.42. The van der Waals surface area contributed by atoms with Crippen LogP contribution in [0.5, 0.6) is 0 Å². The normalized spacial score (nSPS) is 14.2. The van der Waals surface area contributed by atoms with Gasteiger partial charge in [-0.3, -0.25) is 0 Å². The van der Waals surface area contributed by atoms with Gasteiger partial charge >= 0.3 is 0 Å². The van der Waals surface area contributed by atoms with E-state index in [-0.39, 0.29) is 11.6 Å². The number of rotatable bonds is 3. The van der Waals surface area contributed by atoms with Gasteiger partial charge in [0.15, 0.2) is 0 Å². The van der Waals surface area contributed by atoms with Gasteiger partial charge in [-0.1, -0.05) is 0 Å². The Morgan fingerprint density at radius 1 is 1.38 bits per heavy atom. The van der Waals surface area contributed by atoms with Crippen LogP contribution in [0.25, 0.3) is 0 Å². The number of nitrogens with zero attached hydrogens (tertiary/aromatic N) is 2. The van der Waals surface area contributed by atoms with Gasteiger partial charge in [0.1, 0.15) is 5.82 Å². The summed E-state index contributed by atoms with van der Waals surface area (Å²) in [6.07, 6.45) is 1.76. The van der Waals surface area contributed by atoms with Gasteiger partial charge in [-0.2, -0.15) is 0 Å². The predicted molar refractivity (Wildman–Crippen MR) is 68.1 cm³/mol. The van der Waals surface area contributed by atoms with Crippen LogP contribution in [0.1, 0.15) is 31.0 Å². The topological polar surface area (TPSA) is 68.2 Å². The van der Waals surface area contributed by atoms with Gasteiger partial charge in [-0.25, -0.2) is 4.98 Å². The van der Waals surface area contributed by atoms with Gasteiger partial charge in [-0.15, -0.1) is 0 Å². The Morgan fingerprint density at radius 2 is 1.94 bits per heavy atom. The van der Waals surface area contributed by atoms with Crippen molar-refractivity contribution < 1.29 is 0 Å². The fraction of sp³-hybridized carbons (Fsp3) is 0.583. The molecule has 1 atom stereocenters. The van der Waals surface area contributed by atoms with E-state index in [0.717, 1.165) is 11.1 Å². The molecule has 1 aromatic heterocycles. The van der Waals surface area contributed by atoms with Crippen molar-refractivity contribution in [1.82, 2.24) is 9.88 Å². The Kier molecular flexibility index (Phi) is 3.55. The molecular formula is C12H22N4. The summed E-state index contributed by atoms with van der Waals surface area (Å²) in [5, 5.41) is 0. The SMILES string of the molecule is Cc1cnc(N)c(C(N)C(C)(C)N(C)C)c1. The molecule has 1 unspecified atom stereocenters. The molecule has 0 aliphatic rings. The minimum absolute atomic E-state index is 0.158. The first kappa shape index (κ1) is 12.9. The molecule has 90 valence electrons. The molecule has 1 rings (SSSR count). The predicted octanol–water partition coefficient (Wildman–Crippen LogP) is 1.31. The lowest BCUT2D eigenvalue weighted by Crippen LogP contribution is -2.47. The van der Waals surface area contributed by atoms with E-state index in [1.54, 1.807) is 6.20 Å². The molecule has 0 aliphatic carbocycles. The van der Waals surface area contributed by atoms with E-state index in [0.29, 0.717) is 5.82 Å². The van der Waals surface area contributed by atoms with E-state index in [9.17, 15) is 0 Å². The third kappa shape index (κ3) is 2.33. The van der Waals surface area contributed by atoms with Gasteiger partial charge in [0.05, 0.1) is 6.04 Å². The molecule has 0 radical (unpaired) electrons. The highest BCUT2D eigenvalue weighted by atomic mass is 15.2. The van der Waals surface area contributed by atoms with Crippen LogP contribution < -0.4 is 11.5 Å². The summed E-state index contributed by atoms with van der Waals surface area (Å²) < 4.78 is 0. The number of hydrogen-bond donors (Lipinski definition) is 2. The molecule has 16 heavy (non-hydrogen) atoms. The second-order valence-corrected chi connectivity index (χ2v) is 5.01. The van der Waals surface area contributed by atoms with Crippen molar-refractivity contribution in [1.29, 1.82) is 0 Å². The molecule has 1 heterocycles. The standard InChI is InChI=1S/C12H22N4/c1-8-6-9(11(14)15-7-8)10(13)12(2,3)16(4)5/h6-7,10H,13H2,1-5H3,(H2,14,15). The van der Waals surface area contributed by atoms with Crippen molar-refractivity contribution in [2.45, 2.75) is 32.4 Å². The van der Waals surface area contributed by atoms with Crippen LogP contribution in [0.15, 0.2) is 12.3 Å². The molecule has 0 bridgehead atoms. The molecule has 0 fully saturated rings. The zero-order chi connectivity index (χ0) is 12.5. The van der Waals surface area contributed by atoms with Crippen molar-refractivity contribution >= 4 is 5.82 Å². The summed E-state index contributed by atoms with van der Waals surface area (Å²) >= 11 is 0. The Hall–Kier alpha value is -1.13. The average Bonchev–Trinajstić information content (AvgIpc) is 2.20. The number of likely N-dealkylation sites (N-methyl/N-ethyl adjacent to an activating group) is 1. The van der Waals surface area contributed by atoms with Gasteiger partial charge < -0.3 is 16.4 Å². The lowest BCUT2D eigenvalue weighted by molar-refractivity contribution is 0.159. The first-order valence-corrected chi connectivity index (χ1v) is 5.42. The molecule has 0 amide bonds. The van der Waals surface area contributed by atoms with Crippen LogP contribution in [0.4, 0.5) is 5.82 Å². The van der Waals surface area contributed by atoms with E-state index in [2.05, 4.69) is 23.7 Å². The van der Waals surface area contributed by atoms with Crippen molar-refractivity contribution in [3.05, 3.63) is 23.4 Å². The molecule has 1 aromatic rings. The summed E-state index contributed by atoms with van der Waals surface area (Å²) in [5.41, 5.74) is 14.0. The Bertz CT molecular complexity index is 371. The number of hydrogen-bond acceptors (Lipinski definition) is 4. The van der Waals surface area contributed by atoms with Crippen LogP contribution in [0.2, 0.25) is 0 Å². The van der Waals surface area contributed by atoms with E-state index >= 15 is 0 Å². The molecule has 0 spiro atoms. The summed E-state index contributed by atoms with van der Waals surface area (Å²) in [4.78, 5) is 6.25. The van der Waals surface area contributed by atoms with Gasteiger partial charge in [0.25, 0.3) is 0 Å². The second-order valence-electron chi connectivity index (χ2n) is 5.01. The molecule has 0 aliphatic heterocycles. The first-order chi connectivity index (χ1) is 7.26. The van der Waals surface area contributed by atoms with Crippen molar-refractivity contribution in [2.24, 2.45) is 5.73 Å². The monoisotopic (exact) mass is 222 g/mol. The zero-order valence-electron chi connectivity index (χ0n) is 10.8. The minimum atomic E-state index is -0.163. The number of aryl methyl sites for hydroxylation is 1. The average molecular weight is 222 g/mol. The highest BCUT2D eigenvalue weighted by Gasteiger charge is 2.31. The van der Waals surface area contributed by atoms with Crippen molar-refractivity contribution in [3.63, 3.8) is 0 Å². The number of nitrogens with two attached hydrogens (primary N) is 2. The van der Waals surface area contributed by atoms with E-state index < -0.39 is 0 Å². The molecule has 4 heteroatoms. The molecule has 0 saturated heterocycles. The number of nitrogen functional groups attached to an aromatic ring is 1. The third-order valence-electron chi connectivity index (χ3n) is 3.33. The minimum Gasteiger partial charge on any atom is -0.383 e. The van der Waals surface area contributed by atoms with E-state index in [4.69, 9.17) is 11.5 Å². The Morgan fingerprint density at radius 3 is 2.44 bits per heavy atom. The Labute approximate surface area is 97.6 Å². The largest absolute Gasteiger partial charge is 0.383 e. The summed E-state index contributed by atoms with van der Waals surface area (Å²) in [6, 6.07) is 1.85. The second kappa shape index (κ2) is 4.39. The van der Waals surface area contributed by atoms with Crippen LogP contribution in [0, 0.1) is 6.92 Å². The van der Waals surface area contributed by atoms with Crippen LogP contribution in [-0.4, -0.2) is 29.5 Å². The number of anilines is 1. The lowest BCUT2D eigenvalue weighted by Gasteiger charge is -2.38. The van der Waals surface area contributed by atoms with Crippen LogP contribution >= 0.6 is 0 Å². The number of pyridine rings is 1. The molecule has 4 nitrogen and oxygen atoms in total. The maximum absolute atomic E-state index is 6.28. The molecule has 0 saturated carbocycles. The third-order valence-corrected chi connectivity index (χ3v) is 3.33. The van der Waals surface area contributed by atoms with Crippen LogP contribution in [0.3, 0.4) is 0 Å². The smallest absolute Gasteiger partial charge is 0.128 e. The highest BCUT2D eigenvalue weighted by Crippen LogP contribution is 2.30. The molecular weight excluding hydrogens is 200 g/mol. The van der Waals surface area contributed by atoms with Crippen LogP contribution in [-0.2, 0) is 0 Å². The summed E-state index contributed by atoms with van der Waals surface area (Å²) in [6.45, 7) is 6.18. The maximum atomic E-state index is 6.28. The van der Waals surface area contributed by atoms with Gasteiger partial charge in [0, 0.05) is 17.3 Å². The quantitative estimate of drug-likeness (QED) is 0.809. The fourth-order valence-electron chi connectivity index (χ4n) is 1.51. The Balaban J connectivity index is 3.14. The van der Waals surface area contributed by atoms with Gasteiger partial charge in [0.2, 0.25) is 0 Å². The molecule has 0 aromatic carbocycles. The summed E-state index contributed by atoms with van der Waals surface area (Å²) in [5.74, 6) is 0.521. The van der Waals surface area contributed by atoms with Gasteiger partial charge in [-0.05, 0) is 46.5 Å². The summed E-state index contributed by atoms with van der Waals surface area (Å²) in [7, 11) is 4.03. The van der Waals surface area contributed by atoms with E-state index in [1.807, 2.05) is 27.1 Å². The maximum Gasteiger partial charge on any atom is 0.128 e. The highest BCUT2D eigenvalue weighted by molar-refractivity contribution is 5.44. The van der Waals surface area contributed by atoms with E-state index in [1.165, 1.54) is 0 Å². The number of aromatic nitrogens is 1.